The molecule has 0 spiro atoms. The highest BCUT2D eigenvalue weighted by Crippen LogP contribution is 2.16. The van der Waals surface area contributed by atoms with Crippen LogP contribution in [0, 0.1) is 5.82 Å². The predicted molar refractivity (Wildman–Crippen MR) is 101 cm³/mol. The molecule has 1 aliphatic heterocycles. The summed E-state index contributed by atoms with van der Waals surface area (Å²) in [5.74, 6) is 0.719. The van der Waals surface area contributed by atoms with Gasteiger partial charge in [-0.05, 0) is 44.9 Å². The Kier molecular flexibility index (Phi) is 7.98. The summed E-state index contributed by atoms with van der Waals surface area (Å²) in [7, 11) is 1.77. The Hall–Kier alpha value is -1.82. The van der Waals surface area contributed by atoms with Crippen LogP contribution in [0.4, 0.5) is 4.39 Å². The molecule has 1 fully saturated rings. The van der Waals surface area contributed by atoms with Crippen molar-refractivity contribution in [2.45, 2.75) is 45.3 Å². The summed E-state index contributed by atoms with van der Waals surface area (Å²) in [5, 5.41) is 6.75. The highest BCUT2D eigenvalue weighted by molar-refractivity contribution is 5.80. The number of nitrogens with zero attached hydrogens (tertiary/aromatic N) is 2. The first-order valence-corrected chi connectivity index (χ1v) is 9.23. The van der Waals surface area contributed by atoms with Crippen molar-refractivity contribution in [3.05, 3.63) is 30.1 Å². The van der Waals surface area contributed by atoms with Gasteiger partial charge < -0.3 is 20.3 Å². The normalized spacial score (nSPS) is 18.0. The summed E-state index contributed by atoms with van der Waals surface area (Å²) in [4.78, 5) is 6.80. The molecule has 0 saturated carbocycles. The lowest BCUT2D eigenvalue weighted by atomic mass is 10.1. The van der Waals surface area contributed by atoms with Gasteiger partial charge in [0.1, 0.15) is 6.10 Å². The molecule has 25 heavy (non-hydrogen) atoms. The average Bonchev–Trinajstić information content (AvgIpc) is 2.62. The van der Waals surface area contributed by atoms with E-state index in [0.717, 1.165) is 31.9 Å². The van der Waals surface area contributed by atoms with E-state index in [4.69, 9.17) is 4.74 Å². The molecular formula is C19H31FN4O. The molecule has 1 aliphatic rings. The second kappa shape index (κ2) is 10.2. The van der Waals surface area contributed by atoms with Gasteiger partial charge in [-0.15, -0.1) is 0 Å². The molecule has 1 aromatic carbocycles. The van der Waals surface area contributed by atoms with Crippen molar-refractivity contribution in [2.24, 2.45) is 4.99 Å². The van der Waals surface area contributed by atoms with Crippen molar-refractivity contribution >= 4 is 5.96 Å². The molecular weight excluding hydrogens is 319 g/mol. The van der Waals surface area contributed by atoms with E-state index < -0.39 is 0 Å². The lowest BCUT2D eigenvalue weighted by Gasteiger charge is -2.33. The number of likely N-dealkylation sites (tertiary alicyclic amines) is 1. The predicted octanol–water partition coefficient (Wildman–Crippen LogP) is 2.63. The SMILES string of the molecule is CCCN1CCC(NC(=NC)NCC(C)Oc2ccccc2F)CC1. The smallest absolute Gasteiger partial charge is 0.191 e. The molecule has 0 amide bonds. The third-order valence-corrected chi connectivity index (χ3v) is 4.41. The van der Waals surface area contributed by atoms with Gasteiger partial charge in [-0.1, -0.05) is 19.1 Å². The van der Waals surface area contributed by atoms with Gasteiger partial charge >= 0.3 is 0 Å². The highest BCUT2D eigenvalue weighted by Gasteiger charge is 2.19. The minimum absolute atomic E-state index is 0.165. The molecule has 2 rings (SSSR count). The Bertz CT molecular complexity index is 544. The van der Waals surface area contributed by atoms with Crippen LogP contribution in [0.15, 0.2) is 29.3 Å². The fourth-order valence-electron chi connectivity index (χ4n) is 3.04. The van der Waals surface area contributed by atoms with Gasteiger partial charge in [-0.3, -0.25) is 4.99 Å². The van der Waals surface area contributed by atoms with Gasteiger partial charge in [0.25, 0.3) is 0 Å². The van der Waals surface area contributed by atoms with E-state index in [1.165, 1.54) is 19.0 Å². The van der Waals surface area contributed by atoms with E-state index in [1.54, 1.807) is 25.2 Å². The van der Waals surface area contributed by atoms with Crippen LogP contribution in [-0.4, -0.2) is 56.2 Å². The molecule has 140 valence electrons. The van der Waals surface area contributed by atoms with Crippen LogP contribution in [0.5, 0.6) is 5.75 Å². The second-order valence-corrected chi connectivity index (χ2v) is 6.57. The Morgan fingerprint density at radius 1 is 1.36 bits per heavy atom. The van der Waals surface area contributed by atoms with E-state index in [-0.39, 0.29) is 17.7 Å². The first-order chi connectivity index (χ1) is 12.1. The van der Waals surface area contributed by atoms with Gasteiger partial charge in [0.2, 0.25) is 0 Å². The number of aliphatic imine (C=N–C) groups is 1. The molecule has 0 bridgehead atoms. The number of guanidine groups is 1. The summed E-state index contributed by atoms with van der Waals surface area (Å²) in [6.45, 7) is 8.15. The number of hydrogen-bond donors (Lipinski definition) is 2. The van der Waals surface area contributed by atoms with Gasteiger partial charge in [0, 0.05) is 26.2 Å². The Morgan fingerprint density at radius 3 is 2.72 bits per heavy atom. The van der Waals surface area contributed by atoms with Gasteiger partial charge in [0.05, 0.1) is 6.54 Å². The largest absolute Gasteiger partial charge is 0.486 e. The van der Waals surface area contributed by atoms with Crippen LogP contribution < -0.4 is 15.4 Å². The Morgan fingerprint density at radius 2 is 2.08 bits per heavy atom. The summed E-state index contributed by atoms with van der Waals surface area (Å²) in [6.07, 6.45) is 3.30. The minimum Gasteiger partial charge on any atom is -0.486 e. The maximum Gasteiger partial charge on any atom is 0.191 e. The molecule has 5 nitrogen and oxygen atoms in total. The molecule has 0 aromatic heterocycles. The third kappa shape index (κ3) is 6.53. The van der Waals surface area contributed by atoms with Crippen molar-refractivity contribution < 1.29 is 9.13 Å². The molecule has 1 aromatic rings. The van der Waals surface area contributed by atoms with Gasteiger partial charge in [0.15, 0.2) is 17.5 Å². The summed E-state index contributed by atoms with van der Waals surface area (Å²) >= 11 is 0. The number of piperidine rings is 1. The Balaban J connectivity index is 1.72. The summed E-state index contributed by atoms with van der Waals surface area (Å²) in [6, 6.07) is 6.92. The third-order valence-electron chi connectivity index (χ3n) is 4.41. The molecule has 1 unspecified atom stereocenters. The van der Waals surface area contributed by atoms with Crippen molar-refractivity contribution in [2.75, 3.05) is 33.2 Å². The maximum absolute atomic E-state index is 13.6. The number of benzene rings is 1. The van der Waals surface area contributed by atoms with Gasteiger partial charge in [-0.2, -0.15) is 0 Å². The molecule has 2 N–H and O–H groups in total. The molecule has 1 saturated heterocycles. The van der Waals surface area contributed by atoms with Crippen LogP contribution >= 0.6 is 0 Å². The first-order valence-electron chi connectivity index (χ1n) is 9.23. The Labute approximate surface area is 150 Å². The molecule has 6 heteroatoms. The highest BCUT2D eigenvalue weighted by atomic mass is 19.1. The van der Waals surface area contributed by atoms with Crippen LogP contribution in [0.25, 0.3) is 0 Å². The van der Waals surface area contributed by atoms with Crippen LogP contribution in [0.2, 0.25) is 0 Å². The number of nitrogens with one attached hydrogen (secondary N) is 2. The molecule has 0 radical (unpaired) electrons. The first kappa shape index (κ1) is 19.5. The summed E-state index contributed by atoms with van der Waals surface area (Å²) < 4.78 is 19.3. The number of ether oxygens (including phenoxy) is 1. The van der Waals surface area contributed by atoms with Crippen molar-refractivity contribution in [3.8, 4) is 5.75 Å². The van der Waals surface area contributed by atoms with E-state index in [9.17, 15) is 4.39 Å². The standard InChI is InChI=1S/C19H31FN4O/c1-4-11-24-12-9-16(10-13-24)23-19(21-3)22-14-15(2)25-18-8-6-5-7-17(18)20/h5-8,15-16H,4,9-14H2,1-3H3,(H2,21,22,23). The fourth-order valence-corrected chi connectivity index (χ4v) is 3.04. The maximum atomic E-state index is 13.6. The van der Waals surface area contributed by atoms with E-state index in [1.807, 2.05) is 6.92 Å². The summed E-state index contributed by atoms with van der Waals surface area (Å²) in [5.41, 5.74) is 0. The number of hydrogen-bond acceptors (Lipinski definition) is 3. The van der Waals surface area contributed by atoms with E-state index >= 15 is 0 Å². The quantitative estimate of drug-likeness (QED) is 0.586. The van der Waals surface area contributed by atoms with Crippen molar-refractivity contribution in [1.82, 2.24) is 15.5 Å². The number of halogens is 1. The van der Waals surface area contributed by atoms with Crippen LogP contribution in [-0.2, 0) is 0 Å². The minimum atomic E-state index is -0.337. The average molecular weight is 350 g/mol. The van der Waals surface area contributed by atoms with Crippen molar-refractivity contribution in [1.29, 1.82) is 0 Å². The zero-order chi connectivity index (χ0) is 18.1. The molecule has 1 heterocycles. The van der Waals surface area contributed by atoms with Crippen LogP contribution in [0.3, 0.4) is 0 Å². The second-order valence-electron chi connectivity index (χ2n) is 6.57. The molecule has 0 aliphatic carbocycles. The zero-order valence-corrected chi connectivity index (χ0v) is 15.6. The number of para-hydroxylation sites is 1. The van der Waals surface area contributed by atoms with Crippen molar-refractivity contribution in [3.63, 3.8) is 0 Å². The number of rotatable bonds is 7. The monoisotopic (exact) mass is 350 g/mol. The van der Waals surface area contributed by atoms with Crippen LogP contribution in [0.1, 0.15) is 33.1 Å². The van der Waals surface area contributed by atoms with Gasteiger partial charge in [-0.25, -0.2) is 4.39 Å². The lowest BCUT2D eigenvalue weighted by molar-refractivity contribution is 0.204. The molecule has 1 atom stereocenters. The van der Waals surface area contributed by atoms with E-state index in [0.29, 0.717) is 12.6 Å². The lowest BCUT2D eigenvalue weighted by Crippen LogP contribution is -2.50. The fraction of sp³-hybridized carbons (Fsp3) is 0.632. The van der Waals surface area contributed by atoms with E-state index in [2.05, 4.69) is 27.4 Å². The zero-order valence-electron chi connectivity index (χ0n) is 15.6. The topological polar surface area (TPSA) is 48.9 Å².